The van der Waals surface area contributed by atoms with Gasteiger partial charge in [-0.15, -0.1) is 0 Å². The lowest BCUT2D eigenvalue weighted by atomic mass is 9.70. The standard InChI is InChI=1S/C25H16/c1-5-13-21-17(9-1)18-10-2-6-14-22(18)25(21)23-15-7-3-11-19(23)20-12-4-8-16-24(20)25/h1-16H/i1D,2D,5D,6D,9D,10D,13D,14D. The highest BCUT2D eigenvalue weighted by atomic mass is 14.5. The third kappa shape index (κ3) is 1.40. The van der Waals surface area contributed by atoms with Gasteiger partial charge < -0.3 is 0 Å². The van der Waals surface area contributed by atoms with Crippen LogP contribution in [0, 0.1) is 0 Å². The number of hydrogen-bond acceptors (Lipinski definition) is 0. The Balaban J connectivity index is 1.99. The molecule has 0 heteroatoms. The Morgan fingerprint density at radius 2 is 0.920 bits per heavy atom. The molecule has 4 aromatic carbocycles. The normalized spacial score (nSPS) is 19.2. The lowest BCUT2D eigenvalue weighted by Gasteiger charge is -2.30. The van der Waals surface area contributed by atoms with Crippen molar-refractivity contribution in [2.45, 2.75) is 5.41 Å². The average molecular weight is 324 g/mol. The van der Waals surface area contributed by atoms with E-state index in [4.69, 9.17) is 11.0 Å². The molecule has 2 aliphatic rings. The lowest BCUT2D eigenvalue weighted by Crippen LogP contribution is -2.25. The summed E-state index contributed by atoms with van der Waals surface area (Å²) in [5.41, 5.74) is 2.86. The van der Waals surface area contributed by atoms with Gasteiger partial charge in [0.1, 0.15) is 0 Å². The van der Waals surface area contributed by atoms with Gasteiger partial charge in [0, 0.05) is 0 Å². The molecule has 0 saturated heterocycles. The van der Waals surface area contributed by atoms with E-state index in [0.29, 0.717) is 0 Å². The van der Waals surface area contributed by atoms with Crippen LogP contribution in [-0.4, -0.2) is 0 Å². The smallest absolute Gasteiger partial charge is 0.0619 e. The minimum atomic E-state index is -1.27. The molecule has 0 atom stereocenters. The molecule has 0 nitrogen and oxygen atoms in total. The molecule has 25 heavy (non-hydrogen) atoms. The van der Waals surface area contributed by atoms with Crippen LogP contribution in [0.2, 0.25) is 0 Å². The third-order valence-electron chi connectivity index (χ3n) is 5.33. The minimum Gasteiger partial charge on any atom is -0.0619 e. The predicted molar refractivity (Wildman–Crippen MR) is 103 cm³/mol. The molecule has 0 radical (unpaired) electrons. The fourth-order valence-corrected chi connectivity index (χ4v) is 4.46. The summed E-state index contributed by atoms with van der Waals surface area (Å²) in [4.78, 5) is 0. The monoisotopic (exact) mass is 324 g/mol. The van der Waals surface area contributed by atoms with Crippen LogP contribution in [0.1, 0.15) is 33.2 Å². The first-order valence-corrected chi connectivity index (χ1v) is 8.15. The first-order chi connectivity index (χ1) is 15.7. The van der Waals surface area contributed by atoms with Gasteiger partial charge >= 0.3 is 0 Å². The summed E-state index contributed by atoms with van der Waals surface area (Å²) < 4.78 is 68.6. The van der Waals surface area contributed by atoms with E-state index in [-0.39, 0.29) is 58.5 Å². The van der Waals surface area contributed by atoms with Crippen LogP contribution >= 0.6 is 0 Å². The van der Waals surface area contributed by atoms with E-state index < -0.39 is 17.5 Å². The van der Waals surface area contributed by atoms with Crippen LogP contribution in [0.5, 0.6) is 0 Å². The van der Waals surface area contributed by atoms with Crippen LogP contribution in [0.25, 0.3) is 22.3 Å². The molecule has 0 fully saturated rings. The van der Waals surface area contributed by atoms with Crippen LogP contribution < -0.4 is 0 Å². The van der Waals surface area contributed by atoms with Gasteiger partial charge in [-0.25, -0.2) is 0 Å². The van der Waals surface area contributed by atoms with Crippen molar-refractivity contribution >= 4 is 0 Å². The highest BCUT2D eigenvalue weighted by molar-refractivity contribution is 5.94. The van der Waals surface area contributed by atoms with Crippen LogP contribution in [0.4, 0.5) is 0 Å². The van der Waals surface area contributed by atoms with Crippen molar-refractivity contribution in [1.82, 2.24) is 0 Å². The summed E-state index contributed by atoms with van der Waals surface area (Å²) in [5.74, 6) is 0. The number of rotatable bonds is 0. The minimum absolute atomic E-state index is 0.148. The second-order valence-electron chi connectivity index (χ2n) is 6.34. The van der Waals surface area contributed by atoms with Crippen molar-refractivity contribution in [3.8, 4) is 22.3 Å². The Bertz CT molecular complexity index is 1440. The summed E-state index contributed by atoms with van der Waals surface area (Å²) in [6.45, 7) is 0. The van der Waals surface area contributed by atoms with Crippen molar-refractivity contribution in [2.75, 3.05) is 0 Å². The highest BCUT2D eigenvalue weighted by Crippen LogP contribution is 2.62. The fraction of sp³-hybridized carbons (Fsp3) is 0.0400. The maximum Gasteiger partial charge on any atom is 0.0725 e. The zero-order valence-corrected chi connectivity index (χ0v) is 13.1. The highest BCUT2D eigenvalue weighted by Gasteiger charge is 2.51. The zero-order chi connectivity index (χ0) is 23.4. The predicted octanol–water partition coefficient (Wildman–Crippen LogP) is 6.03. The molecular weight excluding hydrogens is 300 g/mol. The Morgan fingerprint density at radius 3 is 1.44 bits per heavy atom. The van der Waals surface area contributed by atoms with E-state index in [0.717, 1.165) is 22.3 Å². The van der Waals surface area contributed by atoms with Crippen LogP contribution in [-0.2, 0) is 5.41 Å². The summed E-state index contributed by atoms with van der Waals surface area (Å²) in [6.07, 6.45) is 0. The molecule has 116 valence electrons. The van der Waals surface area contributed by atoms with Crippen LogP contribution in [0.15, 0.2) is 96.9 Å². The summed E-state index contributed by atoms with van der Waals surface area (Å²) in [6, 6.07) is 12.5. The molecule has 1 spiro atoms. The van der Waals surface area contributed by atoms with Gasteiger partial charge in [0.05, 0.1) is 16.4 Å². The Hall–Kier alpha value is -3.12. The van der Waals surface area contributed by atoms with Gasteiger partial charge in [-0.3, -0.25) is 0 Å². The third-order valence-corrected chi connectivity index (χ3v) is 5.33. The lowest BCUT2D eigenvalue weighted by molar-refractivity contribution is 0.794. The van der Waals surface area contributed by atoms with Crippen LogP contribution in [0.3, 0.4) is 0 Å². The summed E-state index contributed by atoms with van der Waals surface area (Å²) in [7, 11) is 0. The van der Waals surface area contributed by atoms with Crippen molar-refractivity contribution in [3.63, 3.8) is 0 Å². The quantitative estimate of drug-likeness (QED) is 0.320. The molecule has 4 aromatic rings. The van der Waals surface area contributed by atoms with E-state index in [2.05, 4.69) is 0 Å². The van der Waals surface area contributed by atoms with E-state index in [1.54, 1.807) is 0 Å². The maximum atomic E-state index is 8.90. The molecule has 0 aliphatic heterocycles. The largest absolute Gasteiger partial charge is 0.0725 e. The average Bonchev–Trinajstić information content (AvgIpc) is 3.31. The first-order valence-electron chi connectivity index (χ1n) is 12.2. The van der Waals surface area contributed by atoms with Crippen molar-refractivity contribution < 1.29 is 11.0 Å². The Kier molecular flexibility index (Phi) is 1.41. The van der Waals surface area contributed by atoms with Gasteiger partial charge in [0.2, 0.25) is 0 Å². The Morgan fingerprint density at radius 1 is 0.480 bits per heavy atom. The summed E-state index contributed by atoms with van der Waals surface area (Å²) >= 11 is 0. The Labute approximate surface area is 158 Å². The van der Waals surface area contributed by atoms with E-state index in [1.165, 1.54) is 0 Å². The fourth-order valence-electron chi connectivity index (χ4n) is 4.46. The number of benzene rings is 4. The van der Waals surface area contributed by atoms with Gasteiger partial charge in [-0.2, -0.15) is 0 Å². The van der Waals surface area contributed by atoms with E-state index in [9.17, 15) is 0 Å². The van der Waals surface area contributed by atoms with E-state index >= 15 is 0 Å². The maximum absolute atomic E-state index is 8.90. The van der Waals surface area contributed by atoms with Gasteiger partial charge in [0.25, 0.3) is 0 Å². The van der Waals surface area contributed by atoms with Crippen molar-refractivity contribution in [1.29, 1.82) is 0 Å². The molecule has 0 N–H and O–H groups in total. The molecule has 2 aliphatic carbocycles. The van der Waals surface area contributed by atoms with Crippen molar-refractivity contribution in [2.24, 2.45) is 0 Å². The molecule has 0 bridgehead atoms. The van der Waals surface area contributed by atoms with Crippen molar-refractivity contribution in [3.05, 3.63) is 119 Å². The summed E-state index contributed by atoms with van der Waals surface area (Å²) in [5, 5.41) is 0. The van der Waals surface area contributed by atoms with E-state index in [1.807, 2.05) is 48.5 Å². The topological polar surface area (TPSA) is 0 Å². The number of fused-ring (bicyclic) bond motifs is 10. The second kappa shape index (κ2) is 4.49. The van der Waals surface area contributed by atoms with Gasteiger partial charge in [-0.05, 0) is 44.5 Å². The molecule has 0 unspecified atom stereocenters. The molecule has 0 saturated carbocycles. The molecule has 6 rings (SSSR count). The van der Waals surface area contributed by atoms with Gasteiger partial charge in [-0.1, -0.05) is 96.9 Å². The first kappa shape index (κ1) is 7.84. The molecule has 0 heterocycles. The second-order valence-corrected chi connectivity index (χ2v) is 6.34. The SMILES string of the molecule is [2H]c1c([2H])c([2H])c2c(c1[2H])-c1c([2H])c([2H])c([2H])c([2H])c1C21c2ccccc2-c2ccccc21. The van der Waals surface area contributed by atoms with Gasteiger partial charge in [0.15, 0.2) is 0 Å². The zero-order valence-electron chi connectivity index (χ0n) is 21.1. The number of hydrogen-bond donors (Lipinski definition) is 0. The molecule has 0 amide bonds. The molecular formula is C25H16. The molecule has 0 aromatic heterocycles.